The second kappa shape index (κ2) is 7.40. The van der Waals surface area contributed by atoms with Crippen molar-refractivity contribution in [3.05, 3.63) is 41.5 Å². The molecule has 1 aliphatic heterocycles. The summed E-state index contributed by atoms with van der Waals surface area (Å²) in [4.78, 5) is 12.9. The molecule has 0 radical (unpaired) electrons. The summed E-state index contributed by atoms with van der Waals surface area (Å²) in [6, 6.07) is 5.75. The summed E-state index contributed by atoms with van der Waals surface area (Å²) in [5.41, 5.74) is 0.542. The molecular weight excluding hydrogens is 369 g/mol. The van der Waals surface area contributed by atoms with Crippen molar-refractivity contribution in [2.75, 3.05) is 50.1 Å². The van der Waals surface area contributed by atoms with Gasteiger partial charge in [-0.25, -0.2) is 22.8 Å². The van der Waals surface area contributed by atoms with Crippen LogP contribution in [0.3, 0.4) is 0 Å². The summed E-state index contributed by atoms with van der Waals surface area (Å²) in [6.45, 7) is 5.17. The molecule has 0 saturated carbocycles. The van der Waals surface area contributed by atoms with Crippen molar-refractivity contribution in [2.45, 2.75) is 18.7 Å². The van der Waals surface area contributed by atoms with Crippen molar-refractivity contribution < 1.29 is 12.8 Å². The Kier molecular flexibility index (Phi) is 5.34. The van der Waals surface area contributed by atoms with Gasteiger partial charge in [-0.15, -0.1) is 0 Å². The smallest absolute Gasteiger partial charge is 0.243 e. The molecule has 0 aliphatic carbocycles. The molecule has 0 unspecified atom stereocenters. The van der Waals surface area contributed by atoms with Crippen molar-refractivity contribution in [3.63, 3.8) is 0 Å². The van der Waals surface area contributed by atoms with E-state index in [1.165, 1.54) is 16.4 Å². The van der Waals surface area contributed by atoms with Gasteiger partial charge >= 0.3 is 0 Å². The molecule has 2 aromatic rings. The van der Waals surface area contributed by atoms with Crippen LogP contribution in [0, 0.1) is 19.7 Å². The Hall–Kier alpha value is -2.26. The highest BCUT2D eigenvalue weighted by molar-refractivity contribution is 7.89. The molecule has 7 nitrogen and oxygen atoms in total. The monoisotopic (exact) mass is 393 g/mol. The molecule has 1 aromatic carbocycles. The van der Waals surface area contributed by atoms with Crippen molar-refractivity contribution in [1.29, 1.82) is 0 Å². The van der Waals surface area contributed by atoms with E-state index in [2.05, 4.69) is 9.97 Å². The van der Waals surface area contributed by atoms with Gasteiger partial charge < -0.3 is 9.80 Å². The SMILES string of the molecule is Cc1nc(N(C)C)cc(N2CCN(S(=O)(=O)c3cc(F)ccc3C)CC2)n1. The van der Waals surface area contributed by atoms with Crippen molar-refractivity contribution in [2.24, 2.45) is 0 Å². The van der Waals surface area contributed by atoms with Crippen LogP contribution in [0.5, 0.6) is 0 Å². The fourth-order valence-corrected chi connectivity index (χ4v) is 4.73. The zero-order valence-electron chi connectivity index (χ0n) is 16.0. The first kappa shape index (κ1) is 19.5. The maximum absolute atomic E-state index is 13.6. The lowest BCUT2D eigenvalue weighted by Gasteiger charge is -2.35. The number of aryl methyl sites for hydroxylation is 2. The molecule has 0 N–H and O–H groups in total. The van der Waals surface area contributed by atoms with E-state index in [1.807, 2.05) is 36.9 Å². The maximum atomic E-state index is 13.6. The highest BCUT2D eigenvalue weighted by atomic mass is 32.2. The molecular formula is C18H24FN5O2S. The van der Waals surface area contributed by atoms with Gasteiger partial charge in [0.1, 0.15) is 23.3 Å². The van der Waals surface area contributed by atoms with Gasteiger partial charge in [-0.05, 0) is 31.5 Å². The number of piperazine rings is 1. The van der Waals surface area contributed by atoms with Crippen molar-refractivity contribution in [1.82, 2.24) is 14.3 Å². The Morgan fingerprint density at radius 2 is 1.70 bits per heavy atom. The lowest BCUT2D eigenvalue weighted by Crippen LogP contribution is -2.49. The van der Waals surface area contributed by atoms with E-state index in [-0.39, 0.29) is 4.90 Å². The van der Waals surface area contributed by atoms with Gasteiger partial charge in [0.05, 0.1) is 4.90 Å². The van der Waals surface area contributed by atoms with E-state index < -0.39 is 15.8 Å². The maximum Gasteiger partial charge on any atom is 0.243 e. The fraction of sp³-hybridized carbons (Fsp3) is 0.444. The summed E-state index contributed by atoms with van der Waals surface area (Å²) in [5.74, 6) is 1.71. The molecule has 0 spiro atoms. The first-order chi connectivity index (χ1) is 12.7. The van der Waals surface area contributed by atoms with Crippen LogP contribution in [-0.4, -0.2) is 63.0 Å². The van der Waals surface area contributed by atoms with Gasteiger partial charge in [0.2, 0.25) is 10.0 Å². The fourth-order valence-electron chi connectivity index (χ4n) is 3.08. The van der Waals surface area contributed by atoms with Gasteiger partial charge in [-0.1, -0.05) is 6.07 Å². The largest absolute Gasteiger partial charge is 0.363 e. The molecule has 1 aliphatic rings. The number of rotatable bonds is 4. The predicted octanol–water partition coefficient (Wildman–Crippen LogP) is 1.81. The van der Waals surface area contributed by atoms with E-state index in [9.17, 15) is 12.8 Å². The number of halogens is 1. The summed E-state index contributed by atoms with van der Waals surface area (Å²) >= 11 is 0. The second-order valence-electron chi connectivity index (χ2n) is 6.83. The Morgan fingerprint density at radius 3 is 2.33 bits per heavy atom. The molecule has 146 valence electrons. The summed E-state index contributed by atoms with van der Waals surface area (Å²) in [7, 11) is 0.103. The molecule has 3 rings (SSSR count). The van der Waals surface area contributed by atoms with Crippen LogP contribution in [-0.2, 0) is 10.0 Å². The van der Waals surface area contributed by atoms with Crippen LogP contribution in [0.1, 0.15) is 11.4 Å². The number of nitrogens with zero attached hydrogens (tertiary/aromatic N) is 5. The molecule has 1 aromatic heterocycles. The average Bonchev–Trinajstić information content (AvgIpc) is 2.63. The van der Waals surface area contributed by atoms with Gasteiger partial charge in [0.15, 0.2) is 0 Å². The third kappa shape index (κ3) is 4.03. The Balaban J connectivity index is 1.78. The number of benzene rings is 1. The highest BCUT2D eigenvalue weighted by Gasteiger charge is 2.30. The number of hydrogen-bond acceptors (Lipinski definition) is 6. The van der Waals surface area contributed by atoms with Crippen LogP contribution in [0.2, 0.25) is 0 Å². The second-order valence-corrected chi connectivity index (χ2v) is 8.73. The summed E-state index contributed by atoms with van der Waals surface area (Å²) < 4.78 is 40.8. The molecule has 2 heterocycles. The zero-order chi connectivity index (χ0) is 19.8. The topological polar surface area (TPSA) is 69.6 Å². The van der Waals surface area contributed by atoms with Crippen LogP contribution in [0.25, 0.3) is 0 Å². The number of anilines is 2. The molecule has 9 heteroatoms. The number of hydrogen-bond donors (Lipinski definition) is 0. The quantitative estimate of drug-likeness (QED) is 0.789. The Bertz CT molecular complexity index is 941. The molecule has 27 heavy (non-hydrogen) atoms. The molecule has 0 bridgehead atoms. The van der Waals surface area contributed by atoms with Gasteiger partial charge in [0.25, 0.3) is 0 Å². The number of aromatic nitrogens is 2. The lowest BCUT2D eigenvalue weighted by molar-refractivity contribution is 0.383. The predicted molar refractivity (Wildman–Crippen MR) is 103 cm³/mol. The first-order valence-electron chi connectivity index (χ1n) is 8.73. The molecule has 0 atom stereocenters. The van der Waals surface area contributed by atoms with Crippen LogP contribution in [0.4, 0.5) is 16.0 Å². The average molecular weight is 393 g/mol. The zero-order valence-corrected chi connectivity index (χ0v) is 16.8. The van der Waals surface area contributed by atoms with Gasteiger partial charge in [-0.3, -0.25) is 0 Å². The molecule has 1 fully saturated rings. The third-order valence-corrected chi connectivity index (χ3v) is 6.64. The molecule has 1 saturated heterocycles. The Morgan fingerprint density at radius 1 is 1.04 bits per heavy atom. The van der Waals surface area contributed by atoms with E-state index in [4.69, 9.17) is 0 Å². The van der Waals surface area contributed by atoms with Crippen LogP contribution >= 0.6 is 0 Å². The van der Waals surface area contributed by atoms with E-state index in [0.717, 1.165) is 17.7 Å². The normalized spacial score (nSPS) is 15.8. The van der Waals surface area contributed by atoms with Crippen LogP contribution in [0.15, 0.2) is 29.2 Å². The van der Waals surface area contributed by atoms with E-state index in [0.29, 0.717) is 37.6 Å². The number of sulfonamides is 1. The minimum atomic E-state index is -3.72. The first-order valence-corrected chi connectivity index (χ1v) is 10.2. The van der Waals surface area contributed by atoms with E-state index >= 15 is 0 Å². The highest BCUT2D eigenvalue weighted by Crippen LogP contribution is 2.24. The minimum absolute atomic E-state index is 0.0312. The minimum Gasteiger partial charge on any atom is -0.363 e. The lowest BCUT2D eigenvalue weighted by atomic mass is 10.2. The summed E-state index contributed by atoms with van der Waals surface area (Å²) in [6.07, 6.45) is 0. The van der Waals surface area contributed by atoms with Gasteiger partial charge in [0, 0.05) is 46.3 Å². The molecule has 0 amide bonds. The van der Waals surface area contributed by atoms with E-state index in [1.54, 1.807) is 6.92 Å². The van der Waals surface area contributed by atoms with Crippen molar-refractivity contribution in [3.8, 4) is 0 Å². The van der Waals surface area contributed by atoms with Crippen molar-refractivity contribution >= 4 is 21.7 Å². The third-order valence-electron chi connectivity index (χ3n) is 4.60. The standard InChI is InChI=1S/C18H24FN5O2S/c1-13-5-6-15(19)11-16(13)27(25,26)24-9-7-23(8-10-24)18-12-17(22(3)4)20-14(2)21-18/h5-6,11-12H,7-10H2,1-4H3. The van der Waals surface area contributed by atoms with Crippen LogP contribution < -0.4 is 9.80 Å². The summed E-state index contributed by atoms with van der Waals surface area (Å²) in [5, 5.41) is 0. The van der Waals surface area contributed by atoms with Gasteiger partial charge in [-0.2, -0.15) is 4.31 Å². The Labute approximate surface area is 159 Å².